The molecule has 2 atom stereocenters. The van der Waals surface area contributed by atoms with Crippen LogP contribution in [-0.2, 0) is 6.42 Å². The fraction of sp³-hybridized carbons (Fsp3) is 0.692. The Hall–Kier alpha value is -1.36. The van der Waals surface area contributed by atoms with E-state index in [4.69, 9.17) is 5.73 Å². The van der Waals surface area contributed by atoms with Gasteiger partial charge in [-0.3, -0.25) is 4.79 Å². The maximum absolute atomic E-state index is 11.6. The largest absolute Gasteiger partial charge is 0.356 e. The Morgan fingerprint density at radius 1 is 1.67 bits per heavy atom. The van der Waals surface area contributed by atoms with Gasteiger partial charge < -0.3 is 15.6 Å². The zero-order valence-electron chi connectivity index (χ0n) is 11.1. The fourth-order valence-electron chi connectivity index (χ4n) is 2.47. The van der Waals surface area contributed by atoms with Crippen molar-refractivity contribution in [3.63, 3.8) is 0 Å². The number of H-pyrrole nitrogens is 1. The first-order valence-electron chi connectivity index (χ1n) is 6.71. The Labute approximate surface area is 107 Å². The number of nitrogens with zero attached hydrogens (tertiary/aromatic N) is 2. The molecule has 5 heteroatoms. The molecule has 1 saturated heterocycles. The van der Waals surface area contributed by atoms with Crippen molar-refractivity contribution in [2.75, 3.05) is 18.0 Å². The minimum absolute atomic E-state index is 0.0697. The molecular formula is C13H22N4O. The van der Waals surface area contributed by atoms with Crippen LogP contribution in [-0.4, -0.2) is 29.1 Å². The number of nitrogens with one attached hydrogen (secondary N) is 1. The molecule has 1 aliphatic heterocycles. The number of rotatable bonds is 3. The molecule has 1 aromatic heterocycles. The predicted molar refractivity (Wildman–Crippen MR) is 72.8 cm³/mol. The smallest absolute Gasteiger partial charge is 0.252 e. The van der Waals surface area contributed by atoms with Crippen LogP contribution in [0.5, 0.6) is 0 Å². The zero-order valence-corrected chi connectivity index (χ0v) is 11.1. The molecule has 2 heterocycles. The number of piperidine rings is 1. The second-order valence-electron chi connectivity index (χ2n) is 5.11. The molecule has 0 aliphatic carbocycles. The maximum atomic E-state index is 11.6. The normalized spacial score (nSPS) is 21.9. The molecule has 1 aliphatic rings. The van der Waals surface area contributed by atoms with Crippen LogP contribution in [0.15, 0.2) is 10.9 Å². The van der Waals surface area contributed by atoms with Crippen LogP contribution in [0.25, 0.3) is 0 Å². The molecule has 0 saturated carbocycles. The first kappa shape index (κ1) is 13.1. The van der Waals surface area contributed by atoms with Crippen molar-refractivity contribution in [1.29, 1.82) is 0 Å². The highest BCUT2D eigenvalue weighted by atomic mass is 16.1. The summed E-state index contributed by atoms with van der Waals surface area (Å²) >= 11 is 0. The van der Waals surface area contributed by atoms with Gasteiger partial charge in [0.25, 0.3) is 5.56 Å². The second kappa shape index (κ2) is 5.52. The molecule has 1 fully saturated rings. The van der Waals surface area contributed by atoms with Crippen molar-refractivity contribution in [1.82, 2.24) is 9.97 Å². The third kappa shape index (κ3) is 2.90. The van der Waals surface area contributed by atoms with Gasteiger partial charge in [-0.25, -0.2) is 4.98 Å². The molecule has 5 nitrogen and oxygen atoms in total. The van der Waals surface area contributed by atoms with Crippen molar-refractivity contribution in [3.05, 3.63) is 22.2 Å². The number of aromatic nitrogens is 2. The predicted octanol–water partition coefficient (Wildman–Crippen LogP) is 0.896. The van der Waals surface area contributed by atoms with E-state index in [1.165, 1.54) is 0 Å². The van der Waals surface area contributed by atoms with E-state index in [2.05, 4.69) is 21.8 Å². The third-order valence-corrected chi connectivity index (χ3v) is 3.64. The van der Waals surface area contributed by atoms with Crippen molar-refractivity contribution in [2.24, 2.45) is 11.7 Å². The van der Waals surface area contributed by atoms with Gasteiger partial charge in [0, 0.05) is 31.6 Å². The molecule has 0 spiro atoms. The average Bonchev–Trinajstić information content (AvgIpc) is 2.38. The van der Waals surface area contributed by atoms with E-state index in [1.807, 2.05) is 6.92 Å². The summed E-state index contributed by atoms with van der Waals surface area (Å²) in [5.41, 5.74) is 5.91. The lowest BCUT2D eigenvalue weighted by Crippen LogP contribution is -2.43. The molecule has 18 heavy (non-hydrogen) atoms. The van der Waals surface area contributed by atoms with Crippen LogP contribution in [0.3, 0.4) is 0 Å². The summed E-state index contributed by atoms with van der Waals surface area (Å²) < 4.78 is 0. The molecule has 0 bridgehead atoms. The van der Waals surface area contributed by atoms with Gasteiger partial charge in [-0.2, -0.15) is 0 Å². The van der Waals surface area contributed by atoms with Crippen LogP contribution < -0.4 is 16.2 Å². The van der Waals surface area contributed by atoms with Gasteiger partial charge in [-0.15, -0.1) is 0 Å². The van der Waals surface area contributed by atoms with E-state index in [-0.39, 0.29) is 11.6 Å². The minimum Gasteiger partial charge on any atom is -0.356 e. The van der Waals surface area contributed by atoms with Crippen LogP contribution >= 0.6 is 0 Å². The van der Waals surface area contributed by atoms with Gasteiger partial charge in [0.15, 0.2) is 0 Å². The van der Waals surface area contributed by atoms with Crippen LogP contribution in [0.1, 0.15) is 32.5 Å². The topological polar surface area (TPSA) is 75.0 Å². The van der Waals surface area contributed by atoms with Crippen molar-refractivity contribution in [3.8, 4) is 0 Å². The molecule has 2 unspecified atom stereocenters. The van der Waals surface area contributed by atoms with E-state index in [9.17, 15) is 4.79 Å². The van der Waals surface area contributed by atoms with E-state index in [1.54, 1.807) is 6.07 Å². The molecule has 0 aromatic carbocycles. The van der Waals surface area contributed by atoms with Gasteiger partial charge >= 0.3 is 0 Å². The Kier molecular flexibility index (Phi) is 4.01. The number of aromatic amines is 1. The van der Waals surface area contributed by atoms with E-state index >= 15 is 0 Å². The third-order valence-electron chi connectivity index (χ3n) is 3.64. The summed E-state index contributed by atoms with van der Waals surface area (Å²) in [5, 5.41) is 0. The Morgan fingerprint density at radius 2 is 2.44 bits per heavy atom. The summed E-state index contributed by atoms with van der Waals surface area (Å²) in [6, 6.07) is 1.78. The standard InChI is InChI=1S/C13H22N4O/c1-3-11-15-12(7-13(18)16-11)17-6-4-5-10(8-17)9(2)14/h7,9-10H,3-6,8,14H2,1-2H3,(H,15,16,18). The van der Waals surface area contributed by atoms with Gasteiger partial charge in [-0.05, 0) is 25.7 Å². The van der Waals surface area contributed by atoms with E-state index in [0.29, 0.717) is 5.92 Å². The summed E-state index contributed by atoms with van der Waals surface area (Å²) in [6.45, 7) is 5.90. The lowest BCUT2D eigenvalue weighted by atomic mass is 9.92. The molecule has 0 radical (unpaired) electrons. The Bertz CT molecular complexity index is 455. The number of hydrogen-bond acceptors (Lipinski definition) is 4. The van der Waals surface area contributed by atoms with Crippen molar-refractivity contribution >= 4 is 5.82 Å². The number of aryl methyl sites for hydroxylation is 1. The number of hydrogen-bond donors (Lipinski definition) is 2. The lowest BCUT2D eigenvalue weighted by molar-refractivity contribution is 0.363. The van der Waals surface area contributed by atoms with Crippen molar-refractivity contribution < 1.29 is 0 Å². The van der Waals surface area contributed by atoms with Gasteiger partial charge in [0.2, 0.25) is 0 Å². The molecule has 3 N–H and O–H groups in total. The van der Waals surface area contributed by atoms with Gasteiger partial charge in [0.1, 0.15) is 11.6 Å². The van der Waals surface area contributed by atoms with Gasteiger partial charge in [0.05, 0.1) is 0 Å². The quantitative estimate of drug-likeness (QED) is 0.835. The maximum Gasteiger partial charge on any atom is 0.252 e. The Morgan fingerprint density at radius 3 is 3.11 bits per heavy atom. The molecule has 0 amide bonds. The molecule has 1 aromatic rings. The van der Waals surface area contributed by atoms with Crippen molar-refractivity contribution in [2.45, 2.75) is 39.2 Å². The highest BCUT2D eigenvalue weighted by molar-refractivity contribution is 5.38. The summed E-state index contributed by atoms with van der Waals surface area (Å²) in [6.07, 6.45) is 3.02. The Balaban J connectivity index is 2.20. The highest BCUT2D eigenvalue weighted by Crippen LogP contribution is 2.22. The lowest BCUT2D eigenvalue weighted by Gasteiger charge is -2.35. The first-order valence-corrected chi connectivity index (χ1v) is 6.71. The number of anilines is 1. The van der Waals surface area contributed by atoms with E-state index < -0.39 is 0 Å². The van der Waals surface area contributed by atoms with Gasteiger partial charge in [-0.1, -0.05) is 6.92 Å². The summed E-state index contributed by atoms with van der Waals surface area (Å²) in [4.78, 5) is 21.0. The highest BCUT2D eigenvalue weighted by Gasteiger charge is 2.23. The molecular weight excluding hydrogens is 228 g/mol. The fourth-order valence-corrected chi connectivity index (χ4v) is 2.47. The SMILES string of the molecule is CCc1nc(N2CCCC(C(C)N)C2)cc(=O)[nH]1. The second-order valence-corrected chi connectivity index (χ2v) is 5.11. The zero-order chi connectivity index (χ0) is 13.1. The monoisotopic (exact) mass is 250 g/mol. The summed E-state index contributed by atoms with van der Waals surface area (Å²) in [7, 11) is 0. The average molecular weight is 250 g/mol. The van der Waals surface area contributed by atoms with Crippen LogP contribution in [0, 0.1) is 5.92 Å². The first-order chi connectivity index (χ1) is 8.60. The van der Waals surface area contributed by atoms with E-state index in [0.717, 1.165) is 44.0 Å². The summed E-state index contributed by atoms with van der Waals surface area (Å²) in [5.74, 6) is 2.03. The molecule has 2 rings (SSSR count). The number of nitrogens with two attached hydrogens (primary N) is 1. The van der Waals surface area contributed by atoms with Crippen LogP contribution in [0.2, 0.25) is 0 Å². The minimum atomic E-state index is -0.0697. The van der Waals surface area contributed by atoms with Crippen LogP contribution in [0.4, 0.5) is 5.82 Å². The molecule has 100 valence electrons.